The average Bonchev–Trinajstić information content (AvgIpc) is 2.98. The molecule has 2 heterocycles. The highest BCUT2D eigenvalue weighted by atomic mass is 16.6. The van der Waals surface area contributed by atoms with Crippen LogP contribution in [0.4, 0.5) is 17.1 Å². The maximum Gasteiger partial charge on any atom is 0.294 e. The largest absolute Gasteiger partial charge is 0.379 e. The number of nitro groups is 1. The van der Waals surface area contributed by atoms with Crippen LogP contribution in [-0.2, 0) is 16.0 Å². The topological polar surface area (TPSA) is 105 Å². The zero-order valence-corrected chi connectivity index (χ0v) is 16.8. The number of benzene rings is 1. The minimum absolute atomic E-state index is 0.155. The number of pyridine rings is 1. The van der Waals surface area contributed by atoms with Crippen molar-refractivity contribution < 1.29 is 14.5 Å². The summed E-state index contributed by atoms with van der Waals surface area (Å²) in [6, 6.07) is 10.1. The first-order chi connectivity index (χ1) is 14.5. The molecule has 8 nitrogen and oxygen atoms in total. The summed E-state index contributed by atoms with van der Waals surface area (Å²) in [6.45, 7) is 2.56. The van der Waals surface area contributed by atoms with Crippen LogP contribution >= 0.6 is 0 Å². The summed E-state index contributed by atoms with van der Waals surface area (Å²) in [5, 5.41) is 14.7. The van der Waals surface area contributed by atoms with Crippen LogP contribution < -0.4 is 10.2 Å². The van der Waals surface area contributed by atoms with Crippen LogP contribution in [0.3, 0.4) is 0 Å². The maximum absolute atomic E-state index is 12.9. The number of nitrogens with one attached hydrogen (secondary N) is 1. The van der Waals surface area contributed by atoms with Gasteiger partial charge in [-0.3, -0.25) is 24.7 Å². The number of imide groups is 1. The Morgan fingerprint density at radius 2 is 1.97 bits per heavy atom. The Bertz CT molecular complexity index is 978. The van der Waals surface area contributed by atoms with Crippen LogP contribution in [0.5, 0.6) is 0 Å². The fourth-order valence-electron chi connectivity index (χ4n) is 4.48. The Balaban J connectivity index is 1.53. The van der Waals surface area contributed by atoms with E-state index >= 15 is 0 Å². The number of amides is 2. The fourth-order valence-corrected chi connectivity index (χ4v) is 4.48. The number of carbonyl (C=O) groups is 2. The summed E-state index contributed by atoms with van der Waals surface area (Å²) < 4.78 is 0. The third kappa shape index (κ3) is 3.77. The van der Waals surface area contributed by atoms with E-state index in [9.17, 15) is 19.7 Å². The summed E-state index contributed by atoms with van der Waals surface area (Å²) in [7, 11) is 0. The zero-order chi connectivity index (χ0) is 21.3. The molecule has 3 atom stereocenters. The number of nitro benzene ring substituents is 1. The Morgan fingerprint density at radius 1 is 1.17 bits per heavy atom. The van der Waals surface area contributed by atoms with Crippen molar-refractivity contribution in [2.45, 2.75) is 32.6 Å². The average molecular weight is 408 g/mol. The molecule has 2 amide bonds. The predicted molar refractivity (Wildman–Crippen MR) is 112 cm³/mol. The number of hydrogen-bond donors (Lipinski definition) is 1. The number of rotatable bonds is 6. The first-order valence-electron chi connectivity index (χ1n) is 10.3. The van der Waals surface area contributed by atoms with Crippen LogP contribution in [0.2, 0.25) is 0 Å². The van der Waals surface area contributed by atoms with Gasteiger partial charge in [-0.1, -0.05) is 13.0 Å². The highest BCUT2D eigenvalue weighted by Gasteiger charge is 2.50. The maximum atomic E-state index is 12.9. The van der Waals surface area contributed by atoms with Gasteiger partial charge in [-0.2, -0.15) is 0 Å². The van der Waals surface area contributed by atoms with Crippen molar-refractivity contribution in [2.24, 2.45) is 17.8 Å². The van der Waals surface area contributed by atoms with Gasteiger partial charge in [0.25, 0.3) is 5.69 Å². The molecule has 1 saturated carbocycles. The third-order valence-electron chi connectivity index (χ3n) is 6.05. The molecule has 1 aromatic carbocycles. The van der Waals surface area contributed by atoms with Gasteiger partial charge in [0.1, 0.15) is 5.69 Å². The lowest BCUT2D eigenvalue weighted by Gasteiger charge is -2.25. The summed E-state index contributed by atoms with van der Waals surface area (Å²) in [5.41, 5.74) is 1.35. The Labute approximate surface area is 174 Å². The van der Waals surface area contributed by atoms with Crippen LogP contribution in [0, 0.1) is 27.9 Å². The molecule has 1 N–H and O–H groups in total. The quantitative estimate of drug-likeness (QED) is 0.445. The second-order valence-corrected chi connectivity index (χ2v) is 8.10. The molecule has 1 aliphatic heterocycles. The monoisotopic (exact) mass is 408 g/mol. The highest BCUT2D eigenvalue weighted by molar-refractivity contribution is 6.22. The molecule has 0 bridgehead atoms. The van der Waals surface area contributed by atoms with Gasteiger partial charge in [0.05, 0.1) is 22.4 Å². The lowest BCUT2D eigenvalue weighted by molar-refractivity contribution is -0.383. The molecule has 0 radical (unpaired) electrons. The number of carbonyl (C=O) groups excluding carboxylic acids is 2. The molecule has 8 heteroatoms. The molecule has 1 aliphatic carbocycles. The van der Waals surface area contributed by atoms with Crippen molar-refractivity contribution in [1.29, 1.82) is 0 Å². The Morgan fingerprint density at radius 3 is 2.70 bits per heavy atom. The van der Waals surface area contributed by atoms with Crippen molar-refractivity contribution in [3.63, 3.8) is 0 Å². The van der Waals surface area contributed by atoms with Gasteiger partial charge in [0.2, 0.25) is 11.8 Å². The van der Waals surface area contributed by atoms with E-state index in [2.05, 4.69) is 17.2 Å². The number of fused-ring (bicyclic) bond motifs is 1. The van der Waals surface area contributed by atoms with Crippen LogP contribution in [0.15, 0.2) is 42.6 Å². The first-order valence-corrected chi connectivity index (χ1v) is 10.3. The van der Waals surface area contributed by atoms with Gasteiger partial charge < -0.3 is 5.32 Å². The van der Waals surface area contributed by atoms with Crippen LogP contribution in [0.25, 0.3) is 0 Å². The smallest absolute Gasteiger partial charge is 0.294 e. The normalized spacial score (nSPS) is 23.4. The Hall–Kier alpha value is -3.29. The van der Waals surface area contributed by atoms with Gasteiger partial charge in [-0.05, 0) is 49.4 Å². The van der Waals surface area contributed by atoms with E-state index in [1.54, 1.807) is 18.3 Å². The molecule has 1 saturated heterocycles. The van der Waals surface area contributed by atoms with Crippen molar-refractivity contribution in [1.82, 2.24) is 4.98 Å². The van der Waals surface area contributed by atoms with E-state index in [0.717, 1.165) is 17.0 Å². The third-order valence-corrected chi connectivity index (χ3v) is 6.05. The second kappa shape index (κ2) is 8.22. The van der Waals surface area contributed by atoms with Gasteiger partial charge in [-0.15, -0.1) is 0 Å². The molecule has 1 aromatic heterocycles. The van der Waals surface area contributed by atoms with E-state index in [4.69, 9.17) is 0 Å². The highest BCUT2D eigenvalue weighted by Crippen LogP contribution is 2.43. The van der Waals surface area contributed by atoms with E-state index in [1.807, 2.05) is 18.2 Å². The molecular formula is C22H24N4O4. The standard InChI is InChI=1S/C22H24N4O4/c1-14-5-7-17-18(12-14)22(28)25(21(17)27)16-6-8-19(20(13-16)26(29)30)24-11-9-15-4-2-3-10-23-15/h2-4,6,8,10,13-14,17-18,24H,5,7,9,11-12H2,1H3. The lowest BCUT2D eigenvalue weighted by Crippen LogP contribution is -2.31. The van der Waals surface area contributed by atoms with Crippen molar-refractivity contribution >= 4 is 28.9 Å². The Kier molecular flexibility index (Phi) is 5.48. The minimum Gasteiger partial charge on any atom is -0.379 e. The van der Waals surface area contributed by atoms with Crippen molar-refractivity contribution in [3.05, 3.63) is 58.4 Å². The van der Waals surface area contributed by atoms with Crippen molar-refractivity contribution in [2.75, 3.05) is 16.8 Å². The fraction of sp³-hybridized carbons (Fsp3) is 0.409. The lowest BCUT2D eigenvalue weighted by atomic mass is 9.76. The van der Waals surface area contributed by atoms with Crippen molar-refractivity contribution in [3.8, 4) is 0 Å². The number of anilines is 2. The van der Waals surface area contributed by atoms with E-state index in [0.29, 0.717) is 37.4 Å². The predicted octanol–water partition coefficient (Wildman–Crippen LogP) is 3.57. The molecule has 156 valence electrons. The SMILES string of the molecule is CC1CCC2C(=O)N(c3ccc(NCCc4ccccn4)c([N+](=O)[O-])c3)C(=O)C2C1. The number of hydrogen-bond acceptors (Lipinski definition) is 6. The summed E-state index contributed by atoms with van der Waals surface area (Å²) in [6.07, 6.45) is 4.63. The molecule has 0 spiro atoms. The number of aromatic nitrogens is 1. The van der Waals surface area contributed by atoms with Gasteiger partial charge in [-0.25, -0.2) is 4.90 Å². The minimum atomic E-state index is -0.493. The summed E-state index contributed by atoms with van der Waals surface area (Å²) in [4.78, 5) is 42.3. The molecule has 4 rings (SSSR count). The molecular weight excluding hydrogens is 384 g/mol. The second-order valence-electron chi connectivity index (χ2n) is 8.10. The molecule has 3 unspecified atom stereocenters. The van der Waals surface area contributed by atoms with E-state index < -0.39 is 4.92 Å². The number of nitrogens with zero attached hydrogens (tertiary/aromatic N) is 3. The molecule has 2 fully saturated rings. The van der Waals surface area contributed by atoms with Gasteiger partial charge in [0, 0.05) is 30.9 Å². The van der Waals surface area contributed by atoms with Crippen LogP contribution in [-0.4, -0.2) is 28.3 Å². The molecule has 2 aliphatic rings. The summed E-state index contributed by atoms with van der Waals surface area (Å²) >= 11 is 0. The zero-order valence-electron chi connectivity index (χ0n) is 16.8. The molecule has 30 heavy (non-hydrogen) atoms. The van der Waals surface area contributed by atoms with E-state index in [-0.39, 0.29) is 35.0 Å². The summed E-state index contributed by atoms with van der Waals surface area (Å²) in [5.74, 6) is -0.674. The van der Waals surface area contributed by atoms with Gasteiger partial charge in [0.15, 0.2) is 0 Å². The first kappa shape index (κ1) is 20.0. The van der Waals surface area contributed by atoms with Gasteiger partial charge >= 0.3 is 0 Å². The van der Waals surface area contributed by atoms with E-state index in [1.165, 1.54) is 6.07 Å². The van der Waals surface area contributed by atoms with Crippen LogP contribution in [0.1, 0.15) is 31.9 Å². The molecule has 2 aromatic rings.